The van der Waals surface area contributed by atoms with E-state index < -0.39 is 5.91 Å². The standard InChI is InChI=1S/C14H18N2O3/c17-12-7-3-2-6-11(12)14(19)15-10-13(18)16-8-4-1-5-9-16/h2-3,6-7,17H,1,4-5,8-10H2,(H,15,19). The molecule has 1 aromatic carbocycles. The van der Waals surface area contributed by atoms with Gasteiger partial charge in [-0.25, -0.2) is 0 Å². The molecule has 1 aromatic rings. The lowest BCUT2D eigenvalue weighted by Crippen LogP contribution is -2.42. The number of phenols is 1. The van der Waals surface area contributed by atoms with Crippen LogP contribution in [-0.4, -0.2) is 41.5 Å². The Kier molecular flexibility index (Phi) is 4.39. The van der Waals surface area contributed by atoms with Crippen molar-refractivity contribution in [3.63, 3.8) is 0 Å². The van der Waals surface area contributed by atoms with Crippen molar-refractivity contribution < 1.29 is 14.7 Å². The van der Waals surface area contributed by atoms with Crippen LogP contribution in [0.15, 0.2) is 24.3 Å². The fourth-order valence-corrected chi connectivity index (χ4v) is 2.17. The smallest absolute Gasteiger partial charge is 0.255 e. The van der Waals surface area contributed by atoms with Crippen molar-refractivity contribution in [3.8, 4) is 5.75 Å². The Morgan fingerprint density at radius 3 is 2.53 bits per heavy atom. The lowest BCUT2D eigenvalue weighted by molar-refractivity contribution is -0.130. The highest BCUT2D eigenvalue weighted by atomic mass is 16.3. The maximum absolute atomic E-state index is 11.9. The van der Waals surface area contributed by atoms with Crippen molar-refractivity contribution in [1.82, 2.24) is 10.2 Å². The number of nitrogens with zero attached hydrogens (tertiary/aromatic N) is 1. The van der Waals surface area contributed by atoms with Crippen LogP contribution >= 0.6 is 0 Å². The number of hydrogen-bond acceptors (Lipinski definition) is 3. The Labute approximate surface area is 112 Å². The first-order valence-corrected chi connectivity index (χ1v) is 6.52. The second-order valence-electron chi connectivity index (χ2n) is 4.64. The minimum absolute atomic E-state index is 0.0207. The number of likely N-dealkylation sites (tertiary alicyclic amines) is 1. The highest BCUT2D eigenvalue weighted by Crippen LogP contribution is 2.15. The molecule has 1 heterocycles. The van der Waals surface area contributed by atoms with E-state index >= 15 is 0 Å². The Hall–Kier alpha value is -2.04. The van der Waals surface area contributed by atoms with Crippen molar-refractivity contribution in [1.29, 1.82) is 0 Å². The molecule has 2 amide bonds. The molecule has 0 aromatic heterocycles. The molecule has 5 heteroatoms. The third-order valence-electron chi connectivity index (χ3n) is 3.26. The van der Waals surface area contributed by atoms with E-state index in [0.29, 0.717) is 0 Å². The van der Waals surface area contributed by atoms with E-state index in [0.717, 1.165) is 32.4 Å². The van der Waals surface area contributed by atoms with Gasteiger partial charge in [0, 0.05) is 13.1 Å². The van der Waals surface area contributed by atoms with Crippen LogP contribution in [-0.2, 0) is 4.79 Å². The van der Waals surface area contributed by atoms with Crippen LogP contribution in [0.3, 0.4) is 0 Å². The summed E-state index contributed by atoms with van der Waals surface area (Å²) in [7, 11) is 0. The molecular weight excluding hydrogens is 244 g/mol. The Bertz CT molecular complexity index is 468. The molecule has 1 aliphatic rings. The minimum atomic E-state index is -0.427. The average Bonchev–Trinajstić information content (AvgIpc) is 2.46. The topological polar surface area (TPSA) is 69.6 Å². The highest BCUT2D eigenvalue weighted by Gasteiger charge is 2.17. The van der Waals surface area contributed by atoms with Crippen LogP contribution in [0.25, 0.3) is 0 Å². The van der Waals surface area contributed by atoms with E-state index in [1.54, 1.807) is 17.0 Å². The number of benzene rings is 1. The van der Waals surface area contributed by atoms with E-state index in [1.807, 2.05) is 0 Å². The molecule has 0 unspecified atom stereocenters. The number of para-hydroxylation sites is 1. The second kappa shape index (κ2) is 6.22. The summed E-state index contributed by atoms with van der Waals surface area (Å²) < 4.78 is 0. The minimum Gasteiger partial charge on any atom is -0.507 e. The summed E-state index contributed by atoms with van der Waals surface area (Å²) in [5, 5.41) is 12.1. The van der Waals surface area contributed by atoms with E-state index in [2.05, 4.69) is 5.32 Å². The zero-order chi connectivity index (χ0) is 13.7. The Morgan fingerprint density at radius 2 is 1.84 bits per heavy atom. The first-order valence-electron chi connectivity index (χ1n) is 6.52. The van der Waals surface area contributed by atoms with Crippen molar-refractivity contribution >= 4 is 11.8 Å². The number of rotatable bonds is 3. The lowest BCUT2D eigenvalue weighted by atomic mass is 10.1. The molecule has 1 aliphatic heterocycles. The van der Waals surface area contributed by atoms with Crippen molar-refractivity contribution in [2.75, 3.05) is 19.6 Å². The number of carbonyl (C=O) groups is 2. The molecular formula is C14H18N2O3. The molecule has 102 valence electrons. The number of phenolic OH excluding ortho intramolecular Hbond substituents is 1. The SMILES string of the molecule is O=C(NCC(=O)N1CCCCC1)c1ccccc1O. The molecule has 0 atom stereocenters. The van der Waals surface area contributed by atoms with Crippen LogP contribution in [0.2, 0.25) is 0 Å². The third kappa shape index (κ3) is 3.47. The maximum Gasteiger partial charge on any atom is 0.255 e. The van der Waals surface area contributed by atoms with Crippen molar-refractivity contribution in [3.05, 3.63) is 29.8 Å². The summed E-state index contributed by atoms with van der Waals surface area (Å²) in [6.07, 6.45) is 3.21. The summed E-state index contributed by atoms with van der Waals surface area (Å²) in [5.74, 6) is -0.572. The fraction of sp³-hybridized carbons (Fsp3) is 0.429. The number of amides is 2. The number of hydrogen-bond donors (Lipinski definition) is 2. The van der Waals surface area contributed by atoms with E-state index in [4.69, 9.17) is 0 Å². The normalized spacial score (nSPS) is 15.1. The van der Waals surface area contributed by atoms with Crippen LogP contribution < -0.4 is 5.32 Å². The number of carbonyl (C=O) groups excluding carboxylic acids is 2. The maximum atomic E-state index is 11.9. The Morgan fingerprint density at radius 1 is 1.16 bits per heavy atom. The molecule has 1 saturated heterocycles. The van der Waals surface area contributed by atoms with E-state index in [1.165, 1.54) is 12.1 Å². The summed E-state index contributed by atoms with van der Waals surface area (Å²) >= 11 is 0. The van der Waals surface area contributed by atoms with Gasteiger partial charge in [0.2, 0.25) is 5.91 Å². The van der Waals surface area contributed by atoms with Gasteiger partial charge in [-0.2, -0.15) is 0 Å². The van der Waals surface area contributed by atoms with Crippen LogP contribution in [0.1, 0.15) is 29.6 Å². The highest BCUT2D eigenvalue weighted by molar-refractivity contribution is 5.98. The van der Waals surface area contributed by atoms with Crippen molar-refractivity contribution in [2.24, 2.45) is 0 Å². The molecule has 1 fully saturated rings. The number of piperidine rings is 1. The third-order valence-corrected chi connectivity index (χ3v) is 3.26. The second-order valence-corrected chi connectivity index (χ2v) is 4.64. The average molecular weight is 262 g/mol. The molecule has 0 spiro atoms. The van der Waals surface area contributed by atoms with Crippen molar-refractivity contribution in [2.45, 2.75) is 19.3 Å². The van der Waals surface area contributed by atoms with Gasteiger partial charge in [0.1, 0.15) is 5.75 Å². The predicted molar refractivity (Wildman–Crippen MR) is 70.9 cm³/mol. The van der Waals surface area contributed by atoms with Gasteiger partial charge in [0.15, 0.2) is 0 Å². The quantitative estimate of drug-likeness (QED) is 0.858. The van der Waals surface area contributed by atoms with Gasteiger partial charge in [-0.15, -0.1) is 0 Å². The zero-order valence-corrected chi connectivity index (χ0v) is 10.8. The van der Waals surface area contributed by atoms with Gasteiger partial charge in [0.05, 0.1) is 12.1 Å². The lowest BCUT2D eigenvalue weighted by Gasteiger charge is -2.26. The molecule has 2 rings (SSSR count). The molecule has 19 heavy (non-hydrogen) atoms. The summed E-state index contributed by atoms with van der Waals surface area (Å²) in [5.41, 5.74) is 0.189. The molecule has 0 aliphatic carbocycles. The predicted octanol–water partition coefficient (Wildman–Crippen LogP) is 1.13. The van der Waals surface area contributed by atoms with Crippen LogP contribution in [0.5, 0.6) is 5.75 Å². The molecule has 2 N–H and O–H groups in total. The van der Waals surface area contributed by atoms with Gasteiger partial charge in [0.25, 0.3) is 5.91 Å². The molecule has 0 radical (unpaired) electrons. The van der Waals surface area contributed by atoms with Crippen LogP contribution in [0.4, 0.5) is 0 Å². The molecule has 0 bridgehead atoms. The van der Waals surface area contributed by atoms with Gasteiger partial charge < -0.3 is 15.3 Å². The zero-order valence-electron chi connectivity index (χ0n) is 10.8. The summed E-state index contributed by atoms with van der Waals surface area (Å²) in [4.78, 5) is 25.5. The van der Waals surface area contributed by atoms with Gasteiger partial charge in [-0.1, -0.05) is 12.1 Å². The van der Waals surface area contributed by atoms with E-state index in [9.17, 15) is 14.7 Å². The summed E-state index contributed by atoms with van der Waals surface area (Å²) in [6, 6.07) is 6.28. The number of nitrogens with one attached hydrogen (secondary N) is 1. The van der Waals surface area contributed by atoms with Crippen LogP contribution in [0, 0.1) is 0 Å². The Balaban J connectivity index is 1.86. The van der Waals surface area contributed by atoms with Gasteiger partial charge in [-0.05, 0) is 31.4 Å². The number of aromatic hydroxyl groups is 1. The monoisotopic (exact) mass is 262 g/mol. The summed E-state index contributed by atoms with van der Waals surface area (Å²) in [6.45, 7) is 1.52. The molecule has 5 nitrogen and oxygen atoms in total. The largest absolute Gasteiger partial charge is 0.507 e. The molecule has 0 saturated carbocycles. The van der Waals surface area contributed by atoms with Gasteiger partial charge >= 0.3 is 0 Å². The fourth-order valence-electron chi connectivity index (χ4n) is 2.17. The van der Waals surface area contributed by atoms with E-state index in [-0.39, 0.29) is 23.8 Å². The van der Waals surface area contributed by atoms with Gasteiger partial charge in [-0.3, -0.25) is 9.59 Å². The first kappa shape index (κ1) is 13.4. The first-order chi connectivity index (χ1) is 9.18.